The van der Waals surface area contributed by atoms with Crippen LogP contribution in [0.4, 0.5) is 13.2 Å². The second kappa shape index (κ2) is 6.67. The topological polar surface area (TPSA) is 89.5 Å². The second-order valence-electron chi connectivity index (χ2n) is 4.70. The molecule has 2 rings (SSSR count). The summed E-state index contributed by atoms with van der Waals surface area (Å²) in [5.74, 6) is 0. The average Bonchev–Trinajstić information content (AvgIpc) is 2.45. The SMILES string of the molecule is O=S(=O)(NS(=O)(=O)C(F)(F)F)OCCc1cccc2ccccc12. The summed E-state index contributed by atoms with van der Waals surface area (Å²) in [4.78, 5) is 0. The first-order valence-corrected chi connectivity index (χ1v) is 9.37. The van der Waals surface area contributed by atoms with Gasteiger partial charge in [0.05, 0.1) is 6.61 Å². The first-order valence-electron chi connectivity index (χ1n) is 6.48. The van der Waals surface area contributed by atoms with Crippen molar-refractivity contribution in [1.29, 1.82) is 0 Å². The number of nitrogens with one attached hydrogen (secondary N) is 1. The molecule has 0 fully saturated rings. The molecule has 24 heavy (non-hydrogen) atoms. The Labute approximate surface area is 136 Å². The van der Waals surface area contributed by atoms with Crippen molar-refractivity contribution in [2.75, 3.05) is 6.61 Å². The molecule has 11 heteroatoms. The van der Waals surface area contributed by atoms with Gasteiger partial charge < -0.3 is 0 Å². The average molecular weight is 383 g/mol. The molecule has 2 aromatic rings. The quantitative estimate of drug-likeness (QED) is 0.825. The van der Waals surface area contributed by atoms with E-state index in [9.17, 15) is 30.0 Å². The molecule has 1 N–H and O–H groups in total. The van der Waals surface area contributed by atoms with Crippen molar-refractivity contribution >= 4 is 31.1 Å². The summed E-state index contributed by atoms with van der Waals surface area (Å²) in [7, 11) is -11.2. The molecule has 2 aromatic carbocycles. The highest BCUT2D eigenvalue weighted by Gasteiger charge is 2.48. The number of halogens is 3. The zero-order chi connectivity index (χ0) is 18.0. The number of benzene rings is 2. The van der Waals surface area contributed by atoms with Gasteiger partial charge in [-0.05, 0) is 22.8 Å². The third kappa shape index (κ3) is 4.44. The van der Waals surface area contributed by atoms with Gasteiger partial charge in [-0.1, -0.05) is 46.6 Å². The van der Waals surface area contributed by atoms with Gasteiger partial charge in [0.15, 0.2) is 0 Å². The lowest BCUT2D eigenvalue weighted by molar-refractivity contribution is -0.0442. The van der Waals surface area contributed by atoms with Crippen LogP contribution in [-0.4, -0.2) is 29.0 Å². The van der Waals surface area contributed by atoms with E-state index in [2.05, 4.69) is 4.18 Å². The summed E-state index contributed by atoms with van der Waals surface area (Å²) >= 11 is 0. The molecule has 0 aliphatic carbocycles. The summed E-state index contributed by atoms with van der Waals surface area (Å²) in [6.07, 6.45) is 0.0638. The fraction of sp³-hybridized carbons (Fsp3) is 0.231. The highest BCUT2D eigenvalue weighted by atomic mass is 32.3. The number of hydrogen-bond donors (Lipinski definition) is 1. The van der Waals surface area contributed by atoms with Crippen molar-refractivity contribution in [1.82, 2.24) is 4.13 Å². The van der Waals surface area contributed by atoms with Crippen molar-refractivity contribution in [3.05, 3.63) is 48.0 Å². The van der Waals surface area contributed by atoms with Crippen molar-refractivity contribution < 1.29 is 34.2 Å². The molecule has 0 saturated carbocycles. The molecule has 6 nitrogen and oxygen atoms in total. The van der Waals surface area contributed by atoms with E-state index in [4.69, 9.17) is 0 Å². The molecule has 0 spiro atoms. The Hall–Kier alpha value is -1.69. The molecule has 0 radical (unpaired) electrons. The Morgan fingerprint density at radius 1 is 0.958 bits per heavy atom. The molecule has 0 unspecified atom stereocenters. The highest BCUT2D eigenvalue weighted by molar-refractivity contribution is 8.03. The van der Waals surface area contributed by atoms with Crippen molar-refractivity contribution in [3.63, 3.8) is 0 Å². The molecule has 0 aliphatic rings. The van der Waals surface area contributed by atoms with Gasteiger partial charge in [0.2, 0.25) is 0 Å². The van der Waals surface area contributed by atoms with E-state index in [-0.39, 0.29) is 6.42 Å². The number of hydrogen-bond acceptors (Lipinski definition) is 5. The van der Waals surface area contributed by atoms with Gasteiger partial charge >= 0.3 is 25.8 Å². The van der Waals surface area contributed by atoms with Gasteiger partial charge in [-0.25, -0.2) is 8.42 Å². The molecule has 0 aromatic heterocycles. The number of sulfonamides is 1. The third-order valence-corrected chi connectivity index (χ3v) is 5.79. The number of rotatable bonds is 6. The van der Waals surface area contributed by atoms with Crippen LogP contribution in [0.1, 0.15) is 5.56 Å². The van der Waals surface area contributed by atoms with E-state index in [1.807, 2.05) is 18.2 Å². The molecule has 0 saturated heterocycles. The van der Waals surface area contributed by atoms with Crippen molar-refractivity contribution in [2.45, 2.75) is 11.9 Å². The molecule has 0 atom stereocenters. The van der Waals surface area contributed by atoms with Crippen molar-refractivity contribution in [3.8, 4) is 0 Å². The van der Waals surface area contributed by atoms with Crippen LogP contribution in [-0.2, 0) is 30.9 Å². The Morgan fingerprint density at radius 3 is 2.25 bits per heavy atom. The maximum Gasteiger partial charge on any atom is 0.512 e. The second-order valence-corrected chi connectivity index (χ2v) is 7.98. The molecule has 0 amide bonds. The van der Waals surface area contributed by atoms with Crippen molar-refractivity contribution in [2.24, 2.45) is 0 Å². The third-order valence-electron chi connectivity index (χ3n) is 3.01. The van der Waals surface area contributed by atoms with Gasteiger partial charge in [-0.2, -0.15) is 21.6 Å². The lowest BCUT2D eigenvalue weighted by atomic mass is 10.0. The normalized spacial score (nSPS) is 13.3. The Kier molecular flexibility index (Phi) is 5.18. The van der Waals surface area contributed by atoms with Gasteiger partial charge in [-0.3, -0.25) is 4.18 Å². The summed E-state index contributed by atoms with van der Waals surface area (Å²) < 4.78 is 85.5. The number of alkyl halides is 3. The summed E-state index contributed by atoms with van der Waals surface area (Å²) in [6, 6.07) is 12.5. The Morgan fingerprint density at radius 2 is 1.58 bits per heavy atom. The minimum absolute atomic E-state index is 0.0638. The van der Waals surface area contributed by atoms with E-state index in [0.29, 0.717) is 9.69 Å². The first-order chi connectivity index (χ1) is 11.0. The molecular weight excluding hydrogens is 371 g/mol. The van der Waals surface area contributed by atoms with E-state index < -0.39 is 32.4 Å². The lowest BCUT2D eigenvalue weighted by Crippen LogP contribution is -2.41. The zero-order valence-corrected chi connectivity index (χ0v) is 13.6. The fourth-order valence-corrected chi connectivity index (χ4v) is 3.93. The predicted molar refractivity (Wildman–Crippen MR) is 80.6 cm³/mol. The molecule has 132 valence electrons. The van der Waals surface area contributed by atoms with E-state index in [1.165, 1.54) is 0 Å². The molecule has 0 heterocycles. The monoisotopic (exact) mass is 383 g/mol. The summed E-state index contributed by atoms with van der Waals surface area (Å²) in [5, 5.41) is 1.73. The Balaban J connectivity index is 2.06. The maximum absolute atomic E-state index is 12.2. The van der Waals surface area contributed by atoms with E-state index in [1.54, 1.807) is 24.3 Å². The van der Waals surface area contributed by atoms with Crippen LogP contribution in [0.5, 0.6) is 0 Å². The highest BCUT2D eigenvalue weighted by Crippen LogP contribution is 2.22. The van der Waals surface area contributed by atoms with Crippen LogP contribution in [0.25, 0.3) is 10.8 Å². The van der Waals surface area contributed by atoms with Crippen LogP contribution in [0, 0.1) is 0 Å². The van der Waals surface area contributed by atoms with Gasteiger partial charge in [0.25, 0.3) is 0 Å². The minimum atomic E-state index is -6.05. The summed E-state index contributed by atoms with van der Waals surface area (Å²) in [5.41, 5.74) is -5.04. The van der Waals surface area contributed by atoms with Gasteiger partial charge in [0, 0.05) is 0 Å². The van der Waals surface area contributed by atoms with Gasteiger partial charge in [-0.15, -0.1) is 0 Å². The standard InChI is InChI=1S/C13H12F3NO5S2/c14-13(15,16)23(18,19)17-24(20,21)22-9-8-11-6-3-5-10-4-1-2-7-12(10)11/h1-7,17H,8-9H2. The van der Waals surface area contributed by atoms with Crippen LogP contribution in [0.15, 0.2) is 42.5 Å². The van der Waals surface area contributed by atoms with Crippen LogP contribution >= 0.6 is 0 Å². The van der Waals surface area contributed by atoms with Crippen LogP contribution in [0.3, 0.4) is 0 Å². The minimum Gasteiger partial charge on any atom is -0.257 e. The molecule has 0 bridgehead atoms. The first kappa shape index (κ1) is 18.6. The number of fused-ring (bicyclic) bond motifs is 1. The maximum atomic E-state index is 12.2. The fourth-order valence-electron chi connectivity index (χ4n) is 1.98. The predicted octanol–water partition coefficient (Wildman–Crippen LogP) is 2.08. The van der Waals surface area contributed by atoms with E-state index >= 15 is 0 Å². The largest absolute Gasteiger partial charge is 0.512 e. The van der Waals surface area contributed by atoms with Gasteiger partial charge in [0.1, 0.15) is 0 Å². The zero-order valence-electron chi connectivity index (χ0n) is 11.9. The smallest absolute Gasteiger partial charge is 0.257 e. The van der Waals surface area contributed by atoms with Crippen LogP contribution in [0.2, 0.25) is 0 Å². The molecule has 0 aliphatic heterocycles. The lowest BCUT2D eigenvalue weighted by Gasteiger charge is -2.10. The summed E-state index contributed by atoms with van der Waals surface area (Å²) in [6.45, 7) is -0.517. The van der Waals surface area contributed by atoms with Crippen LogP contribution < -0.4 is 4.13 Å². The Bertz CT molecular complexity index is 934. The molecular formula is C13H12F3NO5S2. The van der Waals surface area contributed by atoms with E-state index in [0.717, 1.165) is 10.8 Å².